The molecular formula is C18H31IN4O2. The van der Waals surface area contributed by atoms with Crippen molar-refractivity contribution in [2.24, 2.45) is 10.9 Å². The van der Waals surface area contributed by atoms with Crippen molar-refractivity contribution in [2.45, 2.75) is 27.2 Å². The maximum absolute atomic E-state index is 11.5. The van der Waals surface area contributed by atoms with Crippen LogP contribution < -0.4 is 20.7 Å². The zero-order chi connectivity index (χ0) is 17.8. The Hall–Kier alpha value is -1.51. The minimum absolute atomic E-state index is 0. The third-order valence-corrected chi connectivity index (χ3v) is 3.43. The van der Waals surface area contributed by atoms with Crippen LogP contribution in [0.4, 0.5) is 0 Å². The molecule has 0 heterocycles. The van der Waals surface area contributed by atoms with Crippen molar-refractivity contribution in [3.63, 3.8) is 0 Å². The van der Waals surface area contributed by atoms with Crippen molar-refractivity contribution < 1.29 is 9.53 Å². The Balaban J connectivity index is 0.00000576. The van der Waals surface area contributed by atoms with E-state index in [4.69, 9.17) is 4.74 Å². The summed E-state index contributed by atoms with van der Waals surface area (Å²) in [5, 5.41) is 9.30. The van der Waals surface area contributed by atoms with Crippen LogP contribution in [0.25, 0.3) is 0 Å². The maximum atomic E-state index is 11.5. The first kappa shape index (κ1) is 23.5. The molecule has 6 nitrogen and oxygen atoms in total. The van der Waals surface area contributed by atoms with Gasteiger partial charge in [-0.15, -0.1) is 24.0 Å². The number of hydrogen-bond acceptors (Lipinski definition) is 3. The van der Waals surface area contributed by atoms with Crippen LogP contribution in [-0.2, 0) is 11.2 Å². The molecule has 0 aliphatic carbocycles. The Bertz CT molecular complexity index is 536. The predicted molar refractivity (Wildman–Crippen MR) is 114 cm³/mol. The number of nitrogens with zero attached hydrogens (tertiary/aromatic N) is 1. The first-order valence-corrected chi connectivity index (χ1v) is 8.50. The molecule has 0 aliphatic rings. The molecule has 0 spiro atoms. The number of methoxy groups -OCH3 is 1. The molecule has 142 valence electrons. The SMILES string of the molecule is CCNC(=NCCc1ccccc1OC)NCCNC(=O)C(C)C.I. The molecule has 1 aromatic carbocycles. The summed E-state index contributed by atoms with van der Waals surface area (Å²) < 4.78 is 5.35. The summed E-state index contributed by atoms with van der Waals surface area (Å²) in [5.41, 5.74) is 1.14. The van der Waals surface area contributed by atoms with Gasteiger partial charge in [0.25, 0.3) is 0 Å². The Kier molecular flexibility index (Phi) is 12.9. The molecule has 0 bridgehead atoms. The normalized spacial score (nSPS) is 10.8. The van der Waals surface area contributed by atoms with Crippen LogP contribution in [0.1, 0.15) is 26.3 Å². The molecule has 0 saturated heterocycles. The summed E-state index contributed by atoms with van der Waals surface area (Å²) in [5.74, 6) is 1.72. The van der Waals surface area contributed by atoms with Crippen LogP contribution in [0.2, 0.25) is 0 Å². The van der Waals surface area contributed by atoms with Crippen LogP contribution in [0.15, 0.2) is 29.3 Å². The van der Waals surface area contributed by atoms with Crippen molar-refractivity contribution in [1.82, 2.24) is 16.0 Å². The van der Waals surface area contributed by atoms with Gasteiger partial charge < -0.3 is 20.7 Å². The van der Waals surface area contributed by atoms with Gasteiger partial charge in [0.2, 0.25) is 5.91 Å². The number of carbonyl (C=O) groups excluding carboxylic acids is 1. The zero-order valence-corrected chi connectivity index (χ0v) is 17.9. The number of carbonyl (C=O) groups is 1. The molecule has 1 rings (SSSR count). The minimum Gasteiger partial charge on any atom is -0.496 e. The van der Waals surface area contributed by atoms with Gasteiger partial charge in [-0.05, 0) is 25.0 Å². The number of rotatable bonds is 9. The second-order valence-corrected chi connectivity index (χ2v) is 5.70. The fourth-order valence-corrected chi connectivity index (χ4v) is 2.11. The Labute approximate surface area is 168 Å². The van der Waals surface area contributed by atoms with Gasteiger partial charge in [-0.1, -0.05) is 32.0 Å². The van der Waals surface area contributed by atoms with Gasteiger partial charge in [0.15, 0.2) is 5.96 Å². The lowest BCUT2D eigenvalue weighted by Crippen LogP contribution is -2.42. The first-order chi connectivity index (χ1) is 11.6. The Morgan fingerprint density at radius 3 is 2.48 bits per heavy atom. The minimum atomic E-state index is 0. The fourth-order valence-electron chi connectivity index (χ4n) is 2.11. The molecular weight excluding hydrogens is 431 g/mol. The summed E-state index contributed by atoms with van der Waals surface area (Å²) in [4.78, 5) is 16.1. The van der Waals surface area contributed by atoms with Gasteiger partial charge in [0.05, 0.1) is 7.11 Å². The molecule has 0 radical (unpaired) electrons. The van der Waals surface area contributed by atoms with E-state index in [9.17, 15) is 4.79 Å². The average molecular weight is 462 g/mol. The van der Waals surface area contributed by atoms with Crippen LogP contribution >= 0.6 is 24.0 Å². The highest BCUT2D eigenvalue weighted by Gasteiger charge is 2.05. The largest absolute Gasteiger partial charge is 0.496 e. The quantitative estimate of drug-likeness (QED) is 0.228. The average Bonchev–Trinajstić information content (AvgIpc) is 2.58. The number of benzene rings is 1. The van der Waals surface area contributed by atoms with Crippen LogP contribution in [0, 0.1) is 5.92 Å². The van der Waals surface area contributed by atoms with Gasteiger partial charge in [-0.25, -0.2) is 0 Å². The van der Waals surface area contributed by atoms with Crippen molar-refractivity contribution in [3.8, 4) is 5.75 Å². The number of para-hydroxylation sites is 1. The van der Waals surface area contributed by atoms with Crippen molar-refractivity contribution in [2.75, 3.05) is 33.3 Å². The van der Waals surface area contributed by atoms with Gasteiger partial charge in [-0.3, -0.25) is 9.79 Å². The van der Waals surface area contributed by atoms with Gasteiger partial charge in [-0.2, -0.15) is 0 Å². The Morgan fingerprint density at radius 1 is 1.16 bits per heavy atom. The summed E-state index contributed by atoms with van der Waals surface area (Å²) in [6, 6.07) is 7.97. The third kappa shape index (κ3) is 9.52. The van der Waals surface area contributed by atoms with E-state index in [-0.39, 0.29) is 35.8 Å². The van der Waals surface area contributed by atoms with E-state index >= 15 is 0 Å². The molecule has 0 saturated carbocycles. The molecule has 7 heteroatoms. The monoisotopic (exact) mass is 462 g/mol. The lowest BCUT2D eigenvalue weighted by molar-refractivity contribution is -0.123. The third-order valence-electron chi connectivity index (χ3n) is 3.43. The van der Waals surface area contributed by atoms with Crippen LogP contribution in [-0.4, -0.2) is 45.2 Å². The van der Waals surface area contributed by atoms with Crippen molar-refractivity contribution in [1.29, 1.82) is 0 Å². The number of hydrogen-bond donors (Lipinski definition) is 3. The molecule has 1 amide bonds. The maximum Gasteiger partial charge on any atom is 0.222 e. The van der Waals surface area contributed by atoms with Gasteiger partial charge in [0.1, 0.15) is 5.75 Å². The highest BCUT2D eigenvalue weighted by molar-refractivity contribution is 14.0. The molecule has 0 aromatic heterocycles. The number of amides is 1. The topological polar surface area (TPSA) is 74.8 Å². The smallest absolute Gasteiger partial charge is 0.222 e. The zero-order valence-electron chi connectivity index (χ0n) is 15.6. The lowest BCUT2D eigenvalue weighted by Gasteiger charge is -2.13. The molecule has 3 N–H and O–H groups in total. The van der Waals surface area contributed by atoms with Gasteiger partial charge in [0, 0.05) is 32.1 Å². The van der Waals surface area contributed by atoms with Crippen molar-refractivity contribution in [3.05, 3.63) is 29.8 Å². The van der Waals surface area contributed by atoms with Crippen molar-refractivity contribution >= 4 is 35.8 Å². The molecule has 0 fully saturated rings. The highest BCUT2D eigenvalue weighted by atomic mass is 127. The Morgan fingerprint density at radius 2 is 1.84 bits per heavy atom. The number of aliphatic imine (C=N–C) groups is 1. The summed E-state index contributed by atoms with van der Waals surface area (Å²) in [6.45, 7) is 8.45. The number of nitrogens with one attached hydrogen (secondary N) is 3. The first-order valence-electron chi connectivity index (χ1n) is 8.50. The van der Waals surface area contributed by atoms with E-state index in [2.05, 4.69) is 27.0 Å². The second kappa shape index (κ2) is 13.7. The molecule has 0 unspecified atom stereocenters. The van der Waals surface area contributed by atoms with E-state index < -0.39 is 0 Å². The molecule has 1 aromatic rings. The summed E-state index contributed by atoms with van der Waals surface area (Å²) >= 11 is 0. The molecule has 25 heavy (non-hydrogen) atoms. The van der Waals surface area contributed by atoms with E-state index in [1.807, 2.05) is 39.0 Å². The lowest BCUT2D eigenvalue weighted by atomic mass is 10.1. The van der Waals surface area contributed by atoms with E-state index in [0.717, 1.165) is 30.2 Å². The van der Waals surface area contributed by atoms with Crippen LogP contribution in [0.5, 0.6) is 5.75 Å². The van der Waals surface area contributed by atoms with Crippen LogP contribution in [0.3, 0.4) is 0 Å². The van der Waals surface area contributed by atoms with E-state index in [1.165, 1.54) is 0 Å². The second-order valence-electron chi connectivity index (χ2n) is 5.70. The fraction of sp³-hybridized carbons (Fsp3) is 0.556. The number of halogens is 1. The van der Waals surface area contributed by atoms with Gasteiger partial charge >= 0.3 is 0 Å². The molecule has 0 aliphatic heterocycles. The number of guanidine groups is 1. The molecule has 0 atom stereocenters. The predicted octanol–water partition coefficient (Wildman–Crippen LogP) is 2.18. The summed E-state index contributed by atoms with van der Waals surface area (Å²) in [6.07, 6.45) is 0.810. The standard InChI is InChI=1S/C18H30N4O2.HI/c1-5-19-18(22-13-12-20-17(23)14(2)3)21-11-10-15-8-6-7-9-16(15)24-4;/h6-9,14H,5,10-13H2,1-4H3,(H,20,23)(H2,19,21,22);1H. The number of ether oxygens (including phenoxy) is 1. The summed E-state index contributed by atoms with van der Waals surface area (Å²) in [7, 11) is 1.68. The highest BCUT2D eigenvalue weighted by Crippen LogP contribution is 2.17. The van der Waals surface area contributed by atoms with E-state index in [0.29, 0.717) is 19.6 Å². The van der Waals surface area contributed by atoms with E-state index in [1.54, 1.807) is 7.11 Å².